The van der Waals surface area contributed by atoms with Gasteiger partial charge in [-0.15, -0.1) is 0 Å². The molecule has 8 heteroatoms. The maximum Gasteiger partial charge on any atom is 0.329 e. The molecule has 132 valence electrons. The van der Waals surface area contributed by atoms with Crippen LogP contribution in [-0.4, -0.2) is 39.7 Å². The molecule has 2 heterocycles. The lowest BCUT2D eigenvalue weighted by Crippen LogP contribution is -2.41. The van der Waals surface area contributed by atoms with E-state index in [4.69, 9.17) is 4.74 Å². The van der Waals surface area contributed by atoms with Crippen molar-refractivity contribution in [2.24, 2.45) is 0 Å². The highest BCUT2D eigenvalue weighted by Crippen LogP contribution is 2.29. The third-order valence-electron chi connectivity index (χ3n) is 4.92. The minimum atomic E-state index is -0.425. The van der Waals surface area contributed by atoms with Crippen LogP contribution in [0.4, 0.5) is 17.5 Å². The molecule has 2 aliphatic rings. The summed E-state index contributed by atoms with van der Waals surface area (Å²) in [6, 6.07) is 0.249. The Kier molecular flexibility index (Phi) is 5.13. The van der Waals surface area contributed by atoms with Crippen molar-refractivity contribution in [1.29, 1.82) is 0 Å². The van der Waals surface area contributed by atoms with E-state index in [-0.39, 0.29) is 17.3 Å². The second kappa shape index (κ2) is 7.29. The first kappa shape index (κ1) is 16.9. The molecule has 24 heavy (non-hydrogen) atoms. The molecule has 0 amide bonds. The largest absolute Gasteiger partial charge is 0.381 e. The fraction of sp³-hybridized carbons (Fsp3) is 0.750. The molecular weight excluding hydrogens is 310 g/mol. The lowest BCUT2D eigenvalue weighted by atomic mass is 9.93. The number of anilines is 2. The van der Waals surface area contributed by atoms with Crippen molar-refractivity contribution in [1.82, 2.24) is 9.97 Å². The predicted octanol–water partition coefficient (Wildman–Crippen LogP) is 3.11. The number of nitrogens with one attached hydrogen (secondary N) is 2. The average molecular weight is 335 g/mol. The van der Waals surface area contributed by atoms with Gasteiger partial charge in [-0.2, -0.15) is 4.98 Å². The van der Waals surface area contributed by atoms with Gasteiger partial charge < -0.3 is 15.4 Å². The van der Waals surface area contributed by atoms with Gasteiger partial charge in [0.1, 0.15) is 6.20 Å². The zero-order valence-corrected chi connectivity index (χ0v) is 14.1. The van der Waals surface area contributed by atoms with Crippen LogP contribution in [0.2, 0.25) is 0 Å². The quantitative estimate of drug-likeness (QED) is 0.629. The Labute approximate surface area is 141 Å². The molecule has 0 atom stereocenters. The average Bonchev–Trinajstić information content (AvgIpc) is 2.56. The van der Waals surface area contributed by atoms with Crippen molar-refractivity contribution < 1.29 is 9.66 Å². The van der Waals surface area contributed by atoms with Gasteiger partial charge >= 0.3 is 5.69 Å². The number of aromatic nitrogens is 2. The minimum Gasteiger partial charge on any atom is -0.381 e. The Hall–Kier alpha value is -1.96. The molecule has 0 unspecified atom stereocenters. The summed E-state index contributed by atoms with van der Waals surface area (Å²) in [5, 5.41) is 17.9. The van der Waals surface area contributed by atoms with E-state index in [1.54, 1.807) is 0 Å². The van der Waals surface area contributed by atoms with Gasteiger partial charge in [-0.1, -0.05) is 19.3 Å². The monoisotopic (exact) mass is 335 g/mol. The standard InChI is InChI=1S/C16H25N5O3/c1-16(7-9-24-10-8-16)20-15-17-11-13(21(22)23)14(19-15)18-12-5-3-2-4-6-12/h11-12H,2-10H2,1H3,(H2,17,18,19,20). The summed E-state index contributed by atoms with van der Waals surface area (Å²) < 4.78 is 5.39. The zero-order valence-electron chi connectivity index (χ0n) is 14.1. The summed E-state index contributed by atoms with van der Waals surface area (Å²) in [4.78, 5) is 19.4. The number of hydrogen-bond acceptors (Lipinski definition) is 7. The fourth-order valence-electron chi connectivity index (χ4n) is 3.33. The molecule has 0 radical (unpaired) electrons. The molecule has 0 spiro atoms. The number of hydrogen-bond donors (Lipinski definition) is 2. The van der Waals surface area contributed by atoms with Gasteiger partial charge in [-0.3, -0.25) is 10.1 Å². The van der Waals surface area contributed by atoms with Crippen molar-refractivity contribution in [2.75, 3.05) is 23.8 Å². The van der Waals surface area contributed by atoms with E-state index < -0.39 is 4.92 Å². The number of ether oxygens (including phenoxy) is 1. The normalized spacial score (nSPS) is 21.2. The van der Waals surface area contributed by atoms with Crippen molar-refractivity contribution in [3.63, 3.8) is 0 Å². The molecule has 1 aliphatic heterocycles. The van der Waals surface area contributed by atoms with E-state index in [9.17, 15) is 10.1 Å². The van der Waals surface area contributed by atoms with Crippen LogP contribution < -0.4 is 10.6 Å². The van der Waals surface area contributed by atoms with Crippen molar-refractivity contribution in [2.45, 2.75) is 63.5 Å². The third kappa shape index (κ3) is 4.11. The number of nitrogens with zero attached hydrogens (tertiary/aromatic N) is 3. The number of rotatable bonds is 5. The van der Waals surface area contributed by atoms with E-state index in [2.05, 4.69) is 27.5 Å². The first-order valence-corrected chi connectivity index (χ1v) is 8.70. The van der Waals surface area contributed by atoms with E-state index in [1.807, 2.05) is 0 Å². The van der Waals surface area contributed by atoms with Crippen LogP contribution in [0, 0.1) is 10.1 Å². The van der Waals surface area contributed by atoms with Gasteiger partial charge in [0, 0.05) is 24.8 Å². The molecule has 1 aromatic heterocycles. The Bertz CT molecular complexity index is 583. The maximum atomic E-state index is 11.3. The summed E-state index contributed by atoms with van der Waals surface area (Å²) in [5.74, 6) is 0.753. The Morgan fingerprint density at radius 2 is 2.00 bits per heavy atom. The molecule has 3 rings (SSSR count). The molecule has 8 nitrogen and oxygen atoms in total. The van der Waals surface area contributed by atoms with Crippen molar-refractivity contribution in [3.05, 3.63) is 16.3 Å². The van der Waals surface area contributed by atoms with Gasteiger partial charge in [-0.05, 0) is 32.6 Å². The van der Waals surface area contributed by atoms with Gasteiger partial charge in [0.05, 0.1) is 4.92 Å². The Morgan fingerprint density at radius 3 is 2.67 bits per heavy atom. The van der Waals surface area contributed by atoms with Crippen LogP contribution in [0.25, 0.3) is 0 Å². The van der Waals surface area contributed by atoms with Gasteiger partial charge in [-0.25, -0.2) is 4.98 Å². The van der Waals surface area contributed by atoms with Gasteiger partial charge in [0.15, 0.2) is 0 Å². The predicted molar refractivity (Wildman–Crippen MR) is 91.3 cm³/mol. The van der Waals surface area contributed by atoms with Crippen LogP contribution in [-0.2, 0) is 4.74 Å². The summed E-state index contributed by atoms with van der Waals surface area (Å²) in [6.45, 7) is 3.50. The summed E-state index contributed by atoms with van der Waals surface area (Å²) in [5.41, 5.74) is -0.209. The van der Waals surface area contributed by atoms with Crippen molar-refractivity contribution >= 4 is 17.5 Å². The molecule has 2 N–H and O–H groups in total. The molecule has 0 bridgehead atoms. The van der Waals surface area contributed by atoms with Crippen LogP contribution in [0.5, 0.6) is 0 Å². The fourth-order valence-corrected chi connectivity index (χ4v) is 3.33. The number of nitro groups is 1. The second-order valence-corrected chi connectivity index (χ2v) is 6.96. The summed E-state index contributed by atoms with van der Waals surface area (Å²) >= 11 is 0. The SMILES string of the molecule is CC1(Nc2ncc([N+](=O)[O-])c(NC3CCCCC3)n2)CCOCC1. The topological polar surface area (TPSA) is 102 Å². The van der Waals surface area contributed by atoms with Crippen LogP contribution in [0.15, 0.2) is 6.20 Å². The molecule has 1 saturated heterocycles. The van der Waals surface area contributed by atoms with Crippen LogP contribution in [0.1, 0.15) is 51.9 Å². The molecule has 0 aromatic carbocycles. The highest BCUT2D eigenvalue weighted by atomic mass is 16.6. The molecular formula is C16H25N5O3. The highest BCUT2D eigenvalue weighted by molar-refractivity contribution is 5.57. The van der Waals surface area contributed by atoms with Gasteiger partial charge in [0.2, 0.25) is 11.8 Å². The molecule has 1 aromatic rings. The maximum absolute atomic E-state index is 11.3. The summed E-state index contributed by atoms with van der Waals surface area (Å²) in [7, 11) is 0. The smallest absolute Gasteiger partial charge is 0.329 e. The van der Waals surface area contributed by atoms with E-state index in [0.717, 1.165) is 38.5 Å². The first-order chi connectivity index (χ1) is 11.6. The van der Waals surface area contributed by atoms with Crippen molar-refractivity contribution in [3.8, 4) is 0 Å². The Morgan fingerprint density at radius 1 is 1.29 bits per heavy atom. The highest BCUT2D eigenvalue weighted by Gasteiger charge is 2.29. The Balaban J connectivity index is 1.78. The van der Waals surface area contributed by atoms with E-state index in [0.29, 0.717) is 25.0 Å². The lowest BCUT2D eigenvalue weighted by molar-refractivity contribution is -0.384. The second-order valence-electron chi connectivity index (χ2n) is 6.96. The molecule has 1 saturated carbocycles. The molecule has 2 fully saturated rings. The summed E-state index contributed by atoms with van der Waals surface area (Å²) in [6.07, 6.45) is 8.61. The van der Waals surface area contributed by atoms with Gasteiger partial charge in [0.25, 0.3) is 0 Å². The minimum absolute atomic E-state index is 0.0664. The first-order valence-electron chi connectivity index (χ1n) is 8.70. The zero-order chi connectivity index (χ0) is 17.0. The third-order valence-corrected chi connectivity index (χ3v) is 4.92. The molecule has 1 aliphatic carbocycles. The van der Waals surface area contributed by atoms with E-state index >= 15 is 0 Å². The van der Waals surface area contributed by atoms with Crippen LogP contribution in [0.3, 0.4) is 0 Å². The van der Waals surface area contributed by atoms with E-state index in [1.165, 1.54) is 12.6 Å². The lowest BCUT2D eigenvalue weighted by Gasteiger charge is -2.34. The van der Waals surface area contributed by atoms with Crippen LogP contribution >= 0.6 is 0 Å².